The molecule has 0 unspecified atom stereocenters. The van der Waals surface area contributed by atoms with E-state index in [0.29, 0.717) is 22.7 Å². The molecule has 0 saturated carbocycles. The minimum absolute atomic E-state index is 0.00501. The van der Waals surface area contributed by atoms with Crippen LogP contribution >= 0.6 is 0 Å². The van der Waals surface area contributed by atoms with Gasteiger partial charge in [0.1, 0.15) is 5.75 Å². The number of ether oxygens (including phenoxy) is 1. The Balaban J connectivity index is 1.38. The number of anilines is 2. The van der Waals surface area contributed by atoms with Gasteiger partial charge >= 0.3 is 0 Å². The van der Waals surface area contributed by atoms with Crippen molar-refractivity contribution < 1.29 is 22.7 Å². The third-order valence-corrected chi connectivity index (χ3v) is 8.93. The van der Waals surface area contributed by atoms with E-state index in [1.165, 1.54) is 23.5 Å². The average Bonchev–Trinajstić information content (AvgIpc) is 3.10. The summed E-state index contributed by atoms with van der Waals surface area (Å²) in [6, 6.07) is 37.7. The van der Waals surface area contributed by atoms with Crippen LogP contribution in [0.5, 0.6) is 5.75 Å². The Morgan fingerprint density at radius 2 is 1.33 bits per heavy atom. The number of nitrogens with one attached hydrogen (secondary N) is 2. The Bertz CT molecular complexity index is 1950. The Hall–Kier alpha value is -5.74. The molecule has 0 heterocycles. The van der Waals surface area contributed by atoms with Gasteiger partial charge in [0.2, 0.25) is 0 Å². The molecule has 46 heavy (non-hydrogen) atoms. The van der Waals surface area contributed by atoms with Crippen molar-refractivity contribution in [3.05, 3.63) is 156 Å². The summed E-state index contributed by atoms with van der Waals surface area (Å²) in [5.74, 6) is -0.280. The maximum atomic E-state index is 14.0. The van der Waals surface area contributed by atoms with Crippen LogP contribution in [-0.2, 0) is 16.6 Å². The third kappa shape index (κ3) is 7.48. The standard InChI is InChI=1S/C36H32N4O5S/c1-26(28-17-19-30(20-18-28)37-35(41)29-13-7-4-8-14-29)38-39-36(42)33-15-9-10-16-34(33)40(25-27-11-5-3-6-12-27)46(43,44)32-23-21-31(45-2)22-24-32/h3-24H,25H2,1-2H3,(H,37,41)(H,39,42)/b38-26-. The summed E-state index contributed by atoms with van der Waals surface area (Å²) in [5.41, 5.74) is 6.04. The number of para-hydroxylation sites is 1. The molecule has 0 atom stereocenters. The Labute approximate surface area is 268 Å². The summed E-state index contributed by atoms with van der Waals surface area (Å²) in [7, 11) is -2.60. The molecule has 0 aliphatic carbocycles. The zero-order valence-electron chi connectivity index (χ0n) is 25.3. The van der Waals surface area contributed by atoms with Gasteiger partial charge in [-0.25, -0.2) is 13.8 Å². The summed E-state index contributed by atoms with van der Waals surface area (Å²) in [4.78, 5) is 26.0. The first-order chi connectivity index (χ1) is 22.3. The number of methoxy groups -OCH3 is 1. The molecule has 0 spiro atoms. The minimum atomic E-state index is -4.11. The van der Waals surface area contributed by atoms with E-state index in [-0.39, 0.29) is 28.6 Å². The van der Waals surface area contributed by atoms with Crippen molar-refractivity contribution in [1.82, 2.24) is 5.43 Å². The normalized spacial score (nSPS) is 11.4. The Morgan fingerprint density at radius 1 is 0.717 bits per heavy atom. The molecule has 0 aliphatic heterocycles. The fourth-order valence-corrected chi connectivity index (χ4v) is 6.13. The molecule has 5 aromatic rings. The van der Waals surface area contributed by atoms with Gasteiger partial charge in [0.25, 0.3) is 21.8 Å². The fraction of sp³-hybridized carbons (Fsp3) is 0.0833. The van der Waals surface area contributed by atoms with Gasteiger partial charge in [0.15, 0.2) is 0 Å². The topological polar surface area (TPSA) is 117 Å². The number of amides is 2. The quantitative estimate of drug-likeness (QED) is 0.127. The molecule has 232 valence electrons. The van der Waals surface area contributed by atoms with Crippen LogP contribution < -0.4 is 19.8 Å². The number of hydrogen-bond acceptors (Lipinski definition) is 6. The van der Waals surface area contributed by atoms with E-state index in [4.69, 9.17) is 4.74 Å². The fourth-order valence-electron chi connectivity index (χ4n) is 4.65. The number of nitrogens with zero attached hydrogens (tertiary/aromatic N) is 2. The molecule has 0 aliphatic rings. The highest BCUT2D eigenvalue weighted by atomic mass is 32.2. The van der Waals surface area contributed by atoms with E-state index >= 15 is 0 Å². The largest absolute Gasteiger partial charge is 0.497 e. The van der Waals surface area contributed by atoms with E-state index in [9.17, 15) is 18.0 Å². The van der Waals surface area contributed by atoms with Crippen molar-refractivity contribution in [2.45, 2.75) is 18.4 Å². The molecule has 9 nitrogen and oxygen atoms in total. The molecule has 10 heteroatoms. The molecular formula is C36H32N4O5S. The van der Waals surface area contributed by atoms with Crippen molar-refractivity contribution in [3.8, 4) is 5.75 Å². The number of hydrogen-bond donors (Lipinski definition) is 2. The molecule has 0 saturated heterocycles. The molecule has 5 rings (SSSR count). The van der Waals surface area contributed by atoms with Crippen molar-refractivity contribution >= 4 is 38.9 Å². The molecule has 0 fully saturated rings. The van der Waals surface area contributed by atoms with Gasteiger partial charge in [-0.1, -0.05) is 72.8 Å². The third-order valence-electron chi connectivity index (χ3n) is 7.16. The van der Waals surface area contributed by atoms with E-state index in [1.54, 1.807) is 91.9 Å². The van der Waals surface area contributed by atoms with Crippen LogP contribution in [0.2, 0.25) is 0 Å². The second-order valence-electron chi connectivity index (χ2n) is 10.2. The van der Waals surface area contributed by atoms with Gasteiger partial charge in [0, 0.05) is 11.3 Å². The van der Waals surface area contributed by atoms with Crippen LogP contribution in [-0.4, -0.2) is 33.1 Å². The average molecular weight is 633 g/mol. The van der Waals surface area contributed by atoms with Crippen LogP contribution in [0, 0.1) is 0 Å². The summed E-state index contributed by atoms with van der Waals surface area (Å²) >= 11 is 0. The molecule has 0 radical (unpaired) electrons. The van der Waals surface area contributed by atoms with Crippen molar-refractivity contribution in [2.24, 2.45) is 5.10 Å². The summed E-state index contributed by atoms with van der Waals surface area (Å²) in [5, 5.41) is 7.13. The first-order valence-corrected chi connectivity index (χ1v) is 15.8. The number of rotatable bonds is 11. The highest BCUT2D eigenvalue weighted by molar-refractivity contribution is 7.92. The Kier molecular flexibility index (Phi) is 9.89. The minimum Gasteiger partial charge on any atom is -0.497 e. The maximum Gasteiger partial charge on any atom is 0.273 e. The summed E-state index contributed by atoms with van der Waals surface area (Å²) < 4.78 is 34.5. The van der Waals surface area contributed by atoms with E-state index < -0.39 is 15.9 Å². The maximum absolute atomic E-state index is 14.0. The number of benzene rings is 5. The SMILES string of the molecule is COc1ccc(S(=O)(=O)N(Cc2ccccc2)c2ccccc2C(=O)N/N=C(/C)c2ccc(NC(=O)c3ccccc3)cc2)cc1. The first-order valence-electron chi connectivity index (χ1n) is 14.4. The van der Waals surface area contributed by atoms with Crippen LogP contribution in [0.1, 0.15) is 38.8 Å². The van der Waals surface area contributed by atoms with Gasteiger partial charge in [0.05, 0.1) is 35.5 Å². The smallest absolute Gasteiger partial charge is 0.273 e. The number of sulfonamides is 1. The zero-order chi connectivity index (χ0) is 32.5. The number of carbonyl (C=O) groups is 2. The summed E-state index contributed by atoms with van der Waals surface area (Å²) in [6.07, 6.45) is 0. The molecule has 0 bridgehead atoms. The van der Waals surface area contributed by atoms with Crippen molar-refractivity contribution in [1.29, 1.82) is 0 Å². The highest BCUT2D eigenvalue weighted by Gasteiger charge is 2.28. The molecule has 2 amide bonds. The lowest BCUT2D eigenvalue weighted by atomic mass is 10.1. The first kappa shape index (κ1) is 31.7. The second-order valence-corrected chi connectivity index (χ2v) is 12.1. The van der Waals surface area contributed by atoms with Crippen molar-refractivity contribution in [2.75, 3.05) is 16.7 Å². The van der Waals surface area contributed by atoms with Crippen LogP contribution in [0.4, 0.5) is 11.4 Å². The van der Waals surface area contributed by atoms with Crippen LogP contribution in [0.15, 0.2) is 143 Å². The lowest BCUT2D eigenvalue weighted by Crippen LogP contribution is -2.33. The van der Waals surface area contributed by atoms with Crippen LogP contribution in [0.3, 0.4) is 0 Å². The number of hydrazone groups is 1. The van der Waals surface area contributed by atoms with E-state index in [2.05, 4.69) is 15.8 Å². The zero-order valence-corrected chi connectivity index (χ0v) is 26.1. The molecule has 5 aromatic carbocycles. The second kappa shape index (κ2) is 14.4. The van der Waals surface area contributed by atoms with Gasteiger partial charge in [-0.05, 0) is 78.7 Å². The molecular weight excluding hydrogens is 600 g/mol. The van der Waals surface area contributed by atoms with Gasteiger partial charge in [-0.15, -0.1) is 0 Å². The predicted octanol–water partition coefficient (Wildman–Crippen LogP) is 6.50. The molecule has 2 N–H and O–H groups in total. The van der Waals surface area contributed by atoms with Crippen molar-refractivity contribution in [3.63, 3.8) is 0 Å². The van der Waals surface area contributed by atoms with Crippen LogP contribution in [0.25, 0.3) is 0 Å². The Morgan fingerprint density at radius 3 is 1.98 bits per heavy atom. The van der Waals surface area contributed by atoms with Gasteiger partial charge < -0.3 is 10.1 Å². The lowest BCUT2D eigenvalue weighted by molar-refractivity contribution is 0.0954. The predicted molar refractivity (Wildman–Crippen MR) is 180 cm³/mol. The van der Waals surface area contributed by atoms with Gasteiger partial charge in [-0.3, -0.25) is 13.9 Å². The summed E-state index contributed by atoms with van der Waals surface area (Å²) in [6.45, 7) is 1.73. The monoisotopic (exact) mass is 632 g/mol. The highest BCUT2D eigenvalue weighted by Crippen LogP contribution is 2.30. The van der Waals surface area contributed by atoms with Gasteiger partial charge in [-0.2, -0.15) is 5.10 Å². The van der Waals surface area contributed by atoms with E-state index in [1.807, 2.05) is 36.4 Å². The molecule has 0 aromatic heterocycles. The lowest BCUT2D eigenvalue weighted by Gasteiger charge is -2.26. The van der Waals surface area contributed by atoms with E-state index in [0.717, 1.165) is 11.1 Å². The number of carbonyl (C=O) groups excluding carboxylic acids is 2.